The third kappa shape index (κ3) is 9.47. The van der Waals surface area contributed by atoms with Gasteiger partial charge in [-0.05, 0) is 95.4 Å². The molecule has 330 valence electrons. The summed E-state index contributed by atoms with van der Waals surface area (Å²) in [5.74, 6) is -7.85. The molecular formula is C44H58F3N3O9S. The highest BCUT2D eigenvalue weighted by Gasteiger charge is 2.63. The van der Waals surface area contributed by atoms with E-state index in [0.29, 0.717) is 37.5 Å². The number of nitrogens with zero attached hydrogens (tertiary/aromatic N) is 2. The van der Waals surface area contributed by atoms with Crippen molar-refractivity contribution in [2.75, 3.05) is 13.2 Å². The van der Waals surface area contributed by atoms with Crippen molar-refractivity contribution in [1.82, 2.24) is 14.6 Å². The first kappa shape index (κ1) is 45.3. The standard InChI is InChI=1S/C44H58F3N3O9S/c1-26(2)57-36-19-29-13-9-11-15-32(29)38(48-36)58-31-20-34-35(51)23-44(40(54)49-60(55,56)43(25-45)16-17-43)22-30(44)14-10-8-12-27(3)18-28(4)33(39(53)50(34)24-31)21-37(52)59-41(5,6)42(7,46)47/h9-11,13-15,19,26-28,30-31,33-34H,8,12,16-18,20-25H2,1-7H3,(H,49,54)/b14-10-/t27-,28-,30-,31-,33+,34+,44-/m1/s1. The van der Waals surface area contributed by atoms with Crippen LogP contribution in [0.2, 0.25) is 0 Å². The van der Waals surface area contributed by atoms with Crippen LogP contribution in [0.25, 0.3) is 10.8 Å². The minimum Gasteiger partial charge on any atom is -0.475 e. The number of hydrogen-bond acceptors (Lipinski definition) is 10. The van der Waals surface area contributed by atoms with E-state index in [1.54, 1.807) is 6.07 Å². The molecule has 0 unspecified atom stereocenters. The molecule has 1 saturated heterocycles. The second-order valence-electron chi connectivity index (χ2n) is 18.5. The number of Topliss-reactive ketones (excluding diaryl/α,β-unsaturated/α-hetero) is 1. The maximum absolute atomic E-state index is 15.0. The van der Waals surface area contributed by atoms with Gasteiger partial charge >= 0.3 is 5.97 Å². The van der Waals surface area contributed by atoms with Gasteiger partial charge in [-0.1, -0.05) is 44.2 Å². The Morgan fingerprint density at radius 2 is 1.78 bits per heavy atom. The molecule has 2 saturated carbocycles. The summed E-state index contributed by atoms with van der Waals surface area (Å²) in [6.45, 7) is 9.10. The average molecular weight is 862 g/mol. The Morgan fingerprint density at radius 3 is 2.43 bits per heavy atom. The summed E-state index contributed by atoms with van der Waals surface area (Å²) in [6.07, 6.45) is 3.76. The Morgan fingerprint density at radius 1 is 1.08 bits per heavy atom. The summed E-state index contributed by atoms with van der Waals surface area (Å²) in [6, 6.07) is 7.95. The fourth-order valence-corrected chi connectivity index (χ4v) is 9.97. The summed E-state index contributed by atoms with van der Waals surface area (Å²) >= 11 is 0. The van der Waals surface area contributed by atoms with Crippen LogP contribution in [0.1, 0.15) is 106 Å². The first-order valence-corrected chi connectivity index (χ1v) is 22.4. The predicted molar refractivity (Wildman–Crippen MR) is 217 cm³/mol. The number of esters is 1. The van der Waals surface area contributed by atoms with E-state index < -0.39 is 105 Å². The Balaban J connectivity index is 1.37. The van der Waals surface area contributed by atoms with Crippen LogP contribution in [0.15, 0.2) is 42.5 Å². The Hall–Kier alpha value is -4.21. The molecule has 1 N–H and O–H groups in total. The smallest absolute Gasteiger partial charge is 0.307 e. The average Bonchev–Trinajstić information content (AvgIpc) is 4.05. The van der Waals surface area contributed by atoms with E-state index >= 15 is 0 Å². The number of ether oxygens (including phenoxy) is 3. The summed E-state index contributed by atoms with van der Waals surface area (Å²) in [4.78, 5) is 63.2. The number of carbonyl (C=O) groups is 4. The van der Waals surface area contributed by atoms with Gasteiger partial charge in [0.05, 0.1) is 36.4 Å². The van der Waals surface area contributed by atoms with Gasteiger partial charge in [-0.3, -0.25) is 23.9 Å². The van der Waals surface area contributed by atoms with Crippen LogP contribution < -0.4 is 14.2 Å². The summed E-state index contributed by atoms with van der Waals surface area (Å²) < 4.78 is 87.5. The van der Waals surface area contributed by atoms with Crippen molar-refractivity contribution < 1.29 is 55.0 Å². The molecule has 2 aliphatic heterocycles. The molecule has 16 heteroatoms. The van der Waals surface area contributed by atoms with E-state index in [-0.39, 0.29) is 50.1 Å². The van der Waals surface area contributed by atoms with Crippen LogP contribution in [-0.2, 0) is 33.9 Å². The molecule has 1 aromatic heterocycles. The van der Waals surface area contributed by atoms with Gasteiger partial charge in [-0.15, -0.1) is 0 Å². The molecule has 1 aromatic carbocycles. The van der Waals surface area contributed by atoms with Gasteiger partial charge in [-0.25, -0.2) is 21.6 Å². The fraction of sp³-hybridized carbons (Fsp3) is 0.659. The lowest BCUT2D eigenvalue weighted by Gasteiger charge is -2.34. The zero-order valence-corrected chi connectivity index (χ0v) is 36.3. The van der Waals surface area contributed by atoms with Crippen LogP contribution in [0.3, 0.4) is 0 Å². The monoisotopic (exact) mass is 861 g/mol. The van der Waals surface area contributed by atoms with Crippen LogP contribution >= 0.6 is 0 Å². The number of carbonyl (C=O) groups excluding carboxylic acids is 4. The van der Waals surface area contributed by atoms with Gasteiger partial charge in [0.1, 0.15) is 17.5 Å². The molecule has 6 rings (SSSR count). The minimum absolute atomic E-state index is 0.0334. The molecule has 0 bridgehead atoms. The number of pyridine rings is 1. The number of ketones is 1. The van der Waals surface area contributed by atoms with Gasteiger partial charge in [0.2, 0.25) is 33.6 Å². The molecule has 2 aliphatic carbocycles. The number of sulfonamides is 1. The first-order chi connectivity index (χ1) is 28.0. The number of alkyl halides is 3. The molecule has 2 amide bonds. The second-order valence-corrected chi connectivity index (χ2v) is 20.6. The van der Waals surface area contributed by atoms with Crippen LogP contribution in [-0.4, -0.2) is 89.6 Å². The number of amides is 2. The SMILES string of the molecule is CC(C)Oc1cc2ccccc2c(O[C@@H]2C[C@H]3C(=O)C[C@]4(C(=O)NS(=O)(=O)C5(CF)CC5)C[C@H]4/C=C\CC[C@@H](C)C[C@@H](C)[C@H](CC(=O)OC(C)(C)C(C)(F)F)C(=O)N3C2)n1. The number of benzene rings is 1. The van der Waals surface area contributed by atoms with E-state index in [2.05, 4.69) is 9.71 Å². The predicted octanol–water partition coefficient (Wildman–Crippen LogP) is 7.28. The second kappa shape index (κ2) is 16.9. The van der Waals surface area contributed by atoms with Gasteiger partial charge in [0, 0.05) is 31.2 Å². The van der Waals surface area contributed by atoms with E-state index in [9.17, 15) is 40.8 Å². The lowest BCUT2D eigenvalue weighted by Crippen LogP contribution is -2.49. The summed E-state index contributed by atoms with van der Waals surface area (Å²) in [7, 11) is -4.40. The van der Waals surface area contributed by atoms with Gasteiger partial charge in [-0.2, -0.15) is 4.98 Å². The van der Waals surface area contributed by atoms with Crippen LogP contribution in [0.4, 0.5) is 13.2 Å². The van der Waals surface area contributed by atoms with Crippen LogP contribution in [0.5, 0.6) is 11.8 Å². The minimum atomic E-state index is -4.40. The largest absolute Gasteiger partial charge is 0.475 e. The molecule has 3 fully saturated rings. The van der Waals surface area contributed by atoms with E-state index in [0.717, 1.165) is 19.2 Å². The summed E-state index contributed by atoms with van der Waals surface area (Å²) in [5.41, 5.74) is -3.64. The van der Waals surface area contributed by atoms with Gasteiger partial charge in [0.15, 0.2) is 11.4 Å². The fourth-order valence-electron chi connectivity index (χ4n) is 8.53. The molecule has 2 aromatic rings. The molecule has 12 nitrogen and oxygen atoms in total. The molecule has 0 spiro atoms. The summed E-state index contributed by atoms with van der Waals surface area (Å²) in [5, 5.41) is 1.43. The zero-order valence-electron chi connectivity index (χ0n) is 35.5. The maximum atomic E-state index is 15.0. The number of hydrogen-bond donors (Lipinski definition) is 1. The number of nitrogens with one attached hydrogen (secondary N) is 1. The zero-order chi connectivity index (χ0) is 44.0. The molecule has 0 radical (unpaired) electrons. The van der Waals surface area contributed by atoms with Gasteiger partial charge in [0.25, 0.3) is 5.92 Å². The van der Waals surface area contributed by atoms with Crippen molar-refractivity contribution >= 4 is 44.4 Å². The van der Waals surface area contributed by atoms with Crippen molar-refractivity contribution in [1.29, 1.82) is 0 Å². The molecule has 4 aliphatic rings. The van der Waals surface area contributed by atoms with E-state index in [4.69, 9.17) is 14.2 Å². The quantitative estimate of drug-likeness (QED) is 0.170. The van der Waals surface area contributed by atoms with Crippen molar-refractivity contribution in [2.24, 2.45) is 29.1 Å². The van der Waals surface area contributed by atoms with Crippen molar-refractivity contribution in [2.45, 2.75) is 141 Å². The number of aromatic nitrogens is 1. The first-order valence-electron chi connectivity index (χ1n) is 21.0. The lowest BCUT2D eigenvalue weighted by atomic mass is 9.82. The highest BCUT2D eigenvalue weighted by Crippen LogP contribution is 2.58. The Labute approximate surface area is 350 Å². The third-order valence-electron chi connectivity index (χ3n) is 12.9. The highest BCUT2D eigenvalue weighted by atomic mass is 32.2. The number of fused-ring (bicyclic) bond motifs is 3. The normalized spacial score (nSPS) is 29.1. The van der Waals surface area contributed by atoms with Gasteiger partial charge < -0.3 is 19.1 Å². The van der Waals surface area contributed by atoms with E-state index in [1.807, 2.05) is 64.1 Å². The Bertz CT molecular complexity index is 2120. The van der Waals surface area contributed by atoms with Crippen molar-refractivity contribution in [3.05, 3.63) is 42.5 Å². The molecule has 3 heterocycles. The third-order valence-corrected chi connectivity index (χ3v) is 15.1. The number of rotatable bonds is 12. The molecule has 7 atom stereocenters. The van der Waals surface area contributed by atoms with Crippen LogP contribution in [0, 0.1) is 29.1 Å². The number of halogens is 3. The maximum Gasteiger partial charge on any atom is 0.307 e. The van der Waals surface area contributed by atoms with Crippen molar-refractivity contribution in [3.63, 3.8) is 0 Å². The Kier molecular flexibility index (Phi) is 12.8. The topological polar surface area (TPSA) is 158 Å². The number of allylic oxidation sites excluding steroid dienone is 2. The lowest BCUT2D eigenvalue weighted by molar-refractivity contribution is -0.197. The van der Waals surface area contributed by atoms with E-state index in [1.165, 1.54) is 4.90 Å². The van der Waals surface area contributed by atoms with Crippen molar-refractivity contribution in [3.8, 4) is 11.8 Å². The molecule has 60 heavy (non-hydrogen) atoms. The molecular weight excluding hydrogens is 804 g/mol. The highest BCUT2D eigenvalue weighted by molar-refractivity contribution is 7.91.